The molecule has 4 rings (SSSR count). The molecule has 0 radical (unpaired) electrons. The number of carbonyl (C=O) groups is 1. The van der Waals surface area contributed by atoms with Crippen molar-refractivity contribution in [2.75, 3.05) is 22.1 Å². The minimum Gasteiger partial charge on any atom is -0.335 e. The topological polar surface area (TPSA) is 87.6 Å². The van der Waals surface area contributed by atoms with Crippen molar-refractivity contribution in [3.8, 4) is 0 Å². The van der Waals surface area contributed by atoms with Gasteiger partial charge in [-0.2, -0.15) is 0 Å². The number of sulfone groups is 1. The van der Waals surface area contributed by atoms with Crippen molar-refractivity contribution in [3.05, 3.63) is 59.9 Å². The van der Waals surface area contributed by atoms with E-state index in [4.69, 9.17) is 0 Å². The molecule has 0 spiro atoms. The van der Waals surface area contributed by atoms with Crippen molar-refractivity contribution >= 4 is 44.0 Å². The molecule has 27 heavy (non-hydrogen) atoms. The van der Waals surface area contributed by atoms with Crippen LogP contribution in [0.5, 0.6) is 0 Å². The van der Waals surface area contributed by atoms with Crippen LogP contribution < -0.4 is 10.6 Å². The second-order valence-electron chi connectivity index (χ2n) is 6.40. The number of anilines is 2. The van der Waals surface area contributed by atoms with Crippen LogP contribution in [0.3, 0.4) is 0 Å². The molecular formula is C18H16FN3O3S2. The predicted octanol–water partition coefficient (Wildman–Crippen LogP) is 2.76. The maximum Gasteiger partial charge on any atom is 0.255 e. The van der Waals surface area contributed by atoms with Crippen LogP contribution in [-0.2, 0) is 9.84 Å². The van der Waals surface area contributed by atoms with E-state index < -0.39 is 9.84 Å². The largest absolute Gasteiger partial charge is 0.335 e. The van der Waals surface area contributed by atoms with Gasteiger partial charge in [-0.3, -0.25) is 9.79 Å². The molecular weight excluding hydrogens is 389 g/mol. The van der Waals surface area contributed by atoms with E-state index in [1.807, 2.05) is 0 Å². The van der Waals surface area contributed by atoms with Crippen LogP contribution in [0.4, 0.5) is 15.8 Å². The lowest BCUT2D eigenvalue weighted by Crippen LogP contribution is -2.13. The van der Waals surface area contributed by atoms with E-state index in [-0.39, 0.29) is 34.5 Å². The maximum absolute atomic E-state index is 12.9. The summed E-state index contributed by atoms with van der Waals surface area (Å²) in [5.74, 6) is -0.379. The van der Waals surface area contributed by atoms with Crippen molar-refractivity contribution in [3.63, 3.8) is 0 Å². The summed E-state index contributed by atoms with van der Waals surface area (Å²) in [5, 5.41) is 6.55. The zero-order valence-corrected chi connectivity index (χ0v) is 15.7. The molecule has 2 aromatic carbocycles. The molecule has 140 valence electrons. The first-order chi connectivity index (χ1) is 12.9. The summed E-state index contributed by atoms with van der Waals surface area (Å²) < 4.78 is 36.1. The highest BCUT2D eigenvalue weighted by Crippen LogP contribution is 2.34. The number of amides is 1. The van der Waals surface area contributed by atoms with Gasteiger partial charge >= 0.3 is 0 Å². The number of nitrogens with one attached hydrogen (secondary N) is 2. The van der Waals surface area contributed by atoms with Crippen molar-refractivity contribution in [1.29, 1.82) is 0 Å². The standard InChI is InChI=1S/C18H16FN3O3S2/c19-12-3-7-13(8-4-12)20-17(23)11-1-5-14(6-2-11)21-18-22-15-9-27(24,25)10-16(15)26-18/h1-8,15-16H,9-10H2,(H,20,23)(H,21,22). The zero-order chi connectivity index (χ0) is 19.0. The molecule has 2 aliphatic heterocycles. The molecule has 2 unspecified atom stereocenters. The van der Waals surface area contributed by atoms with Crippen molar-refractivity contribution < 1.29 is 17.6 Å². The van der Waals surface area contributed by atoms with Gasteiger partial charge in [-0.1, -0.05) is 11.8 Å². The van der Waals surface area contributed by atoms with Crippen LogP contribution >= 0.6 is 11.8 Å². The fraction of sp³-hybridized carbons (Fsp3) is 0.222. The average molecular weight is 405 g/mol. The molecule has 2 aromatic rings. The number of thioether (sulfide) groups is 1. The van der Waals surface area contributed by atoms with Gasteiger partial charge in [0.25, 0.3) is 5.91 Å². The van der Waals surface area contributed by atoms with Gasteiger partial charge in [-0.25, -0.2) is 12.8 Å². The Morgan fingerprint density at radius 1 is 1.04 bits per heavy atom. The molecule has 2 heterocycles. The third kappa shape index (κ3) is 4.14. The SMILES string of the molecule is O=C(Nc1ccc(F)cc1)c1ccc(NC2=NC3CS(=O)(=O)CC3S2)cc1. The number of rotatable bonds is 3. The lowest BCUT2D eigenvalue weighted by molar-refractivity contribution is 0.102. The fourth-order valence-corrected chi connectivity index (χ4v) is 6.66. The molecule has 1 saturated heterocycles. The summed E-state index contributed by atoms with van der Waals surface area (Å²) in [6, 6.07) is 12.2. The Balaban J connectivity index is 1.38. The number of aliphatic imine (C=N–C) groups is 1. The Labute approximate surface area is 160 Å². The van der Waals surface area contributed by atoms with Crippen LogP contribution in [0.1, 0.15) is 10.4 Å². The first kappa shape index (κ1) is 18.0. The fourth-order valence-electron chi connectivity index (χ4n) is 2.98. The first-order valence-electron chi connectivity index (χ1n) is 8.27. The Morgan fingerprint density at radius 3 is 2.37 bits per heavy atom. The summed E-state index contributed by atoms with van der Waals surface area (Å²) in [4.78, 5) is 16.7. The Morgan fingerprint density at radius 2 is 1.70 bits per heavy atom. The molecule has 6 nitrogen and oxygen atoms in total. The van der Waals surface area contributed by atoms with Gasteiger partial charge in [0.15, 0.2) is 15.0 Å². The van der Waals surface area contributed by atoms with E-state index in [0.717, 1.165) is 5.69 Å². The second-order valence-corrected chi connectivity index (χ2v) is 9.78. The average Bonchev–Trinajstić information content (AvgIpc) is 3.10. The van der Waals surface area contributed by atoms with E-state index in [1.54, 1.807) is 24.3 Å². The number of amidine groups is 1. The van der Waals surface area contributed by atoms with Gasteiger partial charge in [0.2, 0.25) is 0 Å². The molecule has 2 N–H and O–H groups in total. The highest BCUT2D eigenvalue weighted by atomic mass is 32.2. The smallest absolute Gasteiger partial charge is 0.255 e. The van der Waals surface area contributed by atoms with E-state index in [1.165, 1.54) is 36.0 Å². The van der Waals surface area contributed by atoms with E-state index in [2.05, 4.69) is 15.6 Å². The Hall–Kier alpha value is -2.39. The number of nitrogens with zero attached hydrogens (tertiary/aromatic N) is 1. The van der Waals surface area contributed by atoms with Gasteiger partial charge in [-0.15, -0.1) is 0 Å². The lowest BCUT2D eigenvalue weighted by atomic mass is 10.2. The number of benzene rings is 2. The van der Waals surface area contributed by atoms with E-state index >= 15 is 0 Å². The van der Waals surface area contributed by atoms with Crippen LogP contribution in [0.25, 0.3) is 0 Å². The van der Waals surface area contributed by atoms with Gasteiger partial charge in [0, 0.05) is 22.2 Å². The molecule has 1 amide bonds. The minimum atomic E-state index is -2.97. The van der Waals surface area contributed by atoms with Crippen molar-refractivity contribution in [2.24, 2.45) is 4.99 Å². The van der Waals surface area contributed by atoms with E-state index in [0.29, 0.717) is 16.4 Å². The molecule has 2 atom stereocenters. The minimum absolute atomic E-state index is 0.0155. The van der Waals surface area contributed by atoms with Crippen LogP contribution in [0, 0.1) is 5.82 Å². The van der Waals surface area contributed by atoms with E-state index in [9.17, 15) is 17.6 Å². The molecule has 2 aliphatic rings. The summed E-state index contributed by atoms with van der Waals surface area (Å²) in [6.07, 6.45) is 0. The molecule has 9 heteroatoms. The van der Waals surface area contributed by atoms with Gasteiger partial charge in [0.1, 0.15) is 5.82 Å². The molecule has 0 saturated carbocycles. The lowest BCUT2D eigenvalue weighted by Gasteiger charge is -2.08. The van der Waals surface area contributed by atoms with Crippen molar-refractivity contribution in [2.45, 2.75) is 11.3 Å². The number of hydrogen-bond donors (Lipinski definition) is 2. The number of fused-ring (bicyclic) bond motifs is 1. The second kappa shape index (κ2) is 6.97. The molecule has 1 fully saturated rings. The van der Waals surface area contributed by atoms with Gasteiger partial charge in [0.05, 0.1) is 17.5 Å². The molecule has 0 aromatic heterocycles. The summed E-state index contributed by atoms with van der Waals surface area (Å²) in [7, 11) is -2.97. The number of halogens is 1. The normalized spacial score (nSPS) is 22.8. The Bertz CT molecular complexity index is 1010. The molecule has 0 aliphatic carbocycles. The summed E-state index contributed by atoms with van der Waals surface area (Å²) >= 11 is 1.44. The number of carbonyl (C=O) groups excluding carboxylic acids is 1. The zero-order valence-electron chi connectivity index (χ0n) is 14.1. The number of hydrogen-bond acceptors (Lipinski definition) is 6. The predicted molar refractivity (Wildman–Crippen MR) is 106 cm³/mol. The monoisotopic (exact) mass is 405 g/mol. The quantitative estimate of drug-likeness (QED) is 0.820. The third-order valence-corrected chi connectivity index (χ3v) is 7.46. The van der Waals surface area contributed by atoms with Crippen LogP contribution in [0.2, 0.25) is 0 Å². The van der Waals surface area contributed by atoms with Gasteiger partial charge < -0.3 is 10.6 Å². The molecule has 0 bridgehead atoms. The Kier molecular flexibility index (Phi) is 4.65. The first-order valence-corrected chi connectivity index (χ1v) is 11.0. The van der Waals surface area contributed by atoms with Gasteiger partial charge in [-0.05, 0) is 48.5 Å². The highest BCUT2D eigenvalue weighted by molar-refractivity contribution is 8.15. The van der Waals surface area contributed by atoms with Crippen LogP contribution in [0.15, 0.2) is 53.5 Å². The summed E-state index contributed by atoms with van der Waals surface area (Å²) in [5.41, 5.74) is 1.75. The van der Waals surface area contributed by atoms with Crippen molar-refractivity contribution in [1.82, 2.24) is 0 Å². The van der Waals surface area contributed by atoms with Crippen LogP contribution in [-0.4, -0.2) is 42.3 Å². The maximum atomic E-state index is 12.9. The highest BCUT2D eigenvalue weighted by Gasteiger charge is 2.42. The third-order valence-electron chi connectivity index (χ3n) is 4.32. The summed E-state index contributed by atoms with van der Waals surface area (Å²) in [6.45, 7) is 0.